The highest BCUT2D eigenvalue weighted by molar-refractivity contribution is 7.90. The van der Waals surface area contributed by atoms with Crippen LogP contribution in [0, 0.1) is 0 Å². The Balaban J connectivity index is 3.03. The van der Waals surface area contributed by atoms with Gasteiger partial charge in [0.15, 0.2) is 0 Å². The Morgan fingerprint density at radius 2 is 1.89 bits per heavy atom. The number of alkyl halides is 3. The number of ether oxygens (including phenoxy) is 1. The van der Waals surface area contributed by atoms with Crippen LogP contribution in [0.1, 0.15) is 17.3 Å². The first kappa shape index (κ1) is 15.3. The molecule has 0 bridgehead atoms. The first-order chi connectivity index (χ1) is 8.69. The summed E-state index contributed by atoms with van der Waals surface area (Å²) in [5, 5.41) is 0. The van der Waals surface area contributed by atoms with E-state index < -0.39 is 21.4 Å². The molecule has 9 heteroatoms. The van der Waals surface area contributed by atoms with Crippen LogP contribution >= 0.6 is 0 Å². The third-order valence-corrected chi connectivity index (χ3v) is 3.03. The van der Waals surface area contributed by atoms with Gasteiger partial charge < -0.3 is 4.74 Å². The lowest BCUT2D eigenvalue weighted by molar-refractivity contribution is -0.0446. The summed E-state index contributed by atoms with van der Waals surface area (Å²) >= 11 is 0. The van der Waals surface area contributed by atoms with Crippen molar-refractivity contribution < 1.29 is 31.1 Å². The summed E-state index contributed by atoms with van der Waals surface area (Å²) in [7, 11) is -5.73. The molecule has 0 unspecified atom stereocenters. The van der Waals surface area contributed by atoms with Crippen LogP contribution in [0.3, 0.4) is 0 Å². The van der Waals surface area contributed by atoms with Gasteiger partial charge in [0.05, 0.1) is 12.2 Å². The van der Waals surface area contributed by atoms with E-state index in [1.807, 2.05) is 0 Å². The van der Waals surface area contributed by atoms with Crippen LogP contribution in [-0.4, -0.2) is 26.4 Å². The summed E-state index contributed by atoms with van der Waals surface area (Å²) in [6.07, 6.45) is 0. The van der Waals surface area contributed by atoms with Crippen LogP contribution in [-0.2, 0) is 10.0 Å². The second-order valence-electron chi connectivity index (χ2n) is 3.31. The molecule has 0 saturated carbocycles. The van der Waals surface area contributed by atoms with Gasteiger partial charge in [-0.3, -0.25) is 4.79 Å². The molecule has 0 spiro atoms. The number of para-hydroxylation sites is 1. The van der Waals surface area contributed by atoms with Gasteiger partial charge in [-0.1, -0.05) is 12.1 Å². The van der Waals surface area contributed by atoms with Gasteiger partial charge in [0.2, 0.25) is 0 Å². The van der Waals surface area contributed by atoms with Crippen molar-refractivity contribution >= 4 is 15.9 Å². The second kappa shape index (κ2) is 5.47. The first-order valence-electron chi connectivity index (χ1n) is 5.04. The highest BCUT2D eigenvalue weighted by Gasteiger charge is 2.47. The van der Waals surface area contributed by atoms with Gasteiger partial charge >= 0.3 is 15.5 Å². The van der Waals surface area contributed by atoms with E-state index in [1.165, 1.54) is 18.2 Å². The number of hydrogen-bond acceptors (Lipinski definition) is 4. The van der Waals surface area contributed by atoms with Gasteiger partial charge in [-0.25, -0.2) is 4.72 Å². The summed E-state index contributed by atoms with van der Waals surface area (Å²) in [5.41, 5.74) is -5.85. The van der Waals surface area contributed by atoms with Crippen LogP contribution < -0.4 is 9.46 Å². The number of hydrogen-bond donors (Lipinski definition) is 1. The molecule has 0 fully saturated rings. The molecule has 0 radical (unpaired) electrons. The number of halogens is 3. The summed E-state index contributed by atoms with van der Waals surface area (Å²) in [6.45, 7) is 1.79. The van der Waals surface area contributed by atoms with Gasteiger partial charge in [-0.15, -0.1) is 0 Å². The predicted molar refractivity (Wildman–Crippen MR) is 60.1 cm³/mol. The van der Waals surface area contributed by atoms with E-state index in [0.29, 0.717) is 0 Å². The van der Waals surface area contributed by atoms with E-state index in [1.54, 1.807) is 6.92 Å². The Labute approximate surface area is 107 Å². The fraction of sp³-hybridized carbons (Fsp3) is 0.300. The van der Waals surface area contributed by atoms with Crippen molar-refractivity contribution in [1.29, 1.82) is 0 Å². The maximum atomic E-state index is 12.1. The number of benzene rings is 1. The number of amides is 1. The fourth-order valence-electron chi connectivity index (χ4n) is 1.17. The van der Waals surface area contributed by atoms with Crippen molar-refractivity contribution in [2.45, 2.75) is 12.4 Å². The molecule has 1 N–H and O–H groups in total. The Hall–Kier alpha value is -1.77. The molecular formula is C10H10F3NO4S. The highest BCUT2D eigenvalue weighted by atomic mass is 32.2. The van der Waals surface area contributed by atoms with Gasteiger partial charge in [-0.05, 0) is 19.1 Å². The van der Waals surface area contributed by atoms with E-state index in [-0.39, 0.29) is 17.9 Å². The highest BCUT2D eigenvalue weighted by Crippen LogP contribution is 2.23. The number of nitrogens with one attached hydrogen (secondary N) is 1. The topological polar surface area (TPSA) is 72.5 Å². The average Bonchev–Trinajstić information content (AvgIpc) is 2.28. The van der Waals surface area contributed by atoms with Gasteiger partial charge in [0, 0.05) is 0 Å². The lowest BCUT2D eigenvalue weighted by atomic mass is 10.2. The maximum Gasteiger partial charge on any atom is 0.516 e. The maximum absolute atomic E-state index is 12.1. The Bertz CT molecular complexity index is 568. The molecule has 0 heterocycles. The largest absolute Gasteiger partial charge is 0.516 e. The molecule has 1 aromatic rings. The van der Waals surface area contributed by atoms with E-state index in [9.17, 15) is 26.4 Å². The van der Waals surface area contributed by atoms with E-state index in [4.69, 9.17) is 4.74 Å². The molecule has 0 aromatic heterocycles. The molecular weight excluding hydrogens is 287 g/mol. The SMILES string of the molecule is CCOc1ccccc1C(=O)NS(=O)(=O)C(F)(F)F. The third kappa shape index (κ3) is 3.60. The van der Waals surface area contributed by atoms with Crippen molar-refractivity contribution in [2.75, 3.05) is 6.61 Å². The summed E-state index contributed by atoms with van der Waals surface area (Å²) in [4.78, 5) is 11.5. The summed E-state index contributed by atoms with van der Waals surface area (Å²) < 4.78 is 63.9. The van der Waals surface area contributed by atoms with Gasteiger partial charge in [0.1, 0.15) is 5.75 Å². The zero-order valence-electron chi connectivity index (χ0n) is 9.69. The van der Waals surface area contributed by atoms with E-state index >= 15 is 0 Å². The molecule has 0 atom stereocenters. The van der Waals surface area contributed by atoms with Crippen LogP contribution in [0.2, 0.25) is 0 Å². The van der Waals surface area contributed by atoms with E-state index in [2.05, 4.69) is 0 Å². The van der Waals surface area contributed by atoms with Crippen molar-refractivity contribution in [3.63, 3.8) is 0 Å². The third-order valence-electron chi connectivity index (χ3n) is 1.96. The summed E-state index contributed by atoms with van der Waals surface area (Å²) in [6, 6.07) is 5.38. The van der Waals surface area contributed by atoms with E-state index in [0.717, 1.165) is 10.8 Å². The number of sulfonamides is 1. The first-order valence-corrected chi connectivity index (χ1v) is 6.52. The fourth-order valence-corrected chi connectivity index (χ4v) is 1.64. The molecule has 5 nitrogen and oxygen atoms in total. The number of carbonyl (C=O) groups is 1. The minimum Gasteiger partial charge on any atom is -0.493 e. The molecule has 0 aliphatic rings. The Morgan fingerprint density at radius 3 is 2.42 bits per heavy atom. The standard InChI is InChI=1S/C10H10F3NO4S/c1-2-18-8-6-4-3-5-7(8)9(15)14-19(16,17)10(11,12)13/h3-6H,2H2,1H3,(H,14,15). The quantitative estimate of drug-likeness (QED) is 0.917. The zero-order valence-corrected chi connectivity index (χ0v) is 10.5. The normalized spacial score (nSPS) is 12.0. The monoisotopic (exact) mass is 297 g/mol. The molecule has 106 valence electrons. The van der Waals surface area contributed by atoms with Crippen molar-refractivity contribution in [2.24, 2.45) is 0 Å². The molecule has 0 aliphatic heterocycles. The average molecular weight is 297 g/mol. The molecule has 0 aliphatic carbocycles. The second-order valence-corrected chi connectivity index (χ2v) is 4.98. The smallest absolute Gasteiger partial charge is 0.493 e. The predicted octanol–water partition coefficient (Wildman–Crippen LogP) is 1.66. The van der Waals surface area contributed by atoms with Gasteiger partial charge in [-0.2, -0.15) is 21.6 Å². The molecule has 0 saturated heterocycles. The lowest BCUT2D eigenvalue weighted by Gasteiger charge is -2.12. The van der Waals surface area contributed by atoms with Crippen molar-refractivity contribution in [3.8, 4) is 5.75 Å². The molecule has 1 amide bonds. The van der Waals surface area contributed by atoms with Crippen LogP contribution in [0.25, 0.3) is 0 Å². The molecule has 19 heavy (non-hydrogen) atoms. The van der Waals surface area contributed by atoms with Crippen molar-refractivity contribution in [1.82, 2.24) is 4.72 Å². The molecule has 1 rings (SSSR count). The minimum absolute atomic E-state index is 0.000116. The van der Waals surface area contributed by atoms with Crippen molar-refractivity contribution in [3.05, 3.63) is 29.8 Å². The minimum atomic E-state index is -5.73. The number of carbonyl (C=O) groups excluding carboxylic acids is 1. The van der Waals surface area contributed by atoms with Crippen LogP contribution in [0.5, 0.6) is 5.75 Å². The van der Waals surface area contributed by atoms with Gasteiger partial charge in [0.25, 0.3) is 5.91 Å². The molecule has 1 aromatic carbocycles. The Morgan fingerprint density at radius 1 is 1.32 bits per heavy atom. The van der Waals surface area contributed by atoms with Crippen LogP contribution in [0.15, 0.2) is 24.3 Å². The van der Waals surface area contributed by atoms with Crippen LogP contribution in [0.4, 0.5) is 13.2 Å². The Kier molecular flexibility index (Phi) is 4.40. The summed E-state index contributed by atoms with van der Waals surface area (Å²) in [5.74, 6) is -1.40. The lowest BCUT2D eigenvalue weighted by Crippen LogP contribution is -2.40. The number of rotatable bonds is 4. The zero-order chi connectivity index (χ0) is 14.7.